The van der Waals surface area contributed by atoms with Crippen LogP contribution in [0.5, 0.6) is 0 Å². The van der Waals surface area contributed by atoms with E-state index in [1.807, 2.05) is 5.32 Å². The van der Waals surface area contributed by atoms with Gasteiger partial charge in [-0.15, -0.1) is 0 Å². The highest BCUT2D eigenvalue weighted by Gasteiger charge is 2.32. The summed E-state index contributed by atoms with van der Waals surface area (Å²) in [6.07, 6.45) is -3.03. The molecule has 0 fully saturated rings. The van der Waals surface area contributed by atoms with Crippen molar-refractivity contribution < 1.29 is 36.3 Å². The van der Waals surface area contributed by atoms with Gasteiger partial charge in [0.1, 0.15) is 17.1 Å². The lowest BCUT2D eigenvalue weighted by Crippen LogP contribution is -2.28. The van der Waals surface area contributed by atoms with Gasteiger partial charge in [-0.25, -0.2) is 18.3 Å². The smallest absolute Gasteiger partial charge is 0.416 e. The molecule has 0 saturated heterocycles. The van der Waals surface area contributed by atoms with Crippen LogP contribution >= 0.6 is 0 Å². The van der Waals surface area contributed by atoms with E-state index in [1.165, 1.54) is 12.4 Å². The van der Waals surface area contributed by atoms with Crippen molar-refractivity contribution in [3.63, 3.8) is 0 Å². The van der Waals surface area contributed by atoms with Crippen LogP contribution in [0.2, 0.25) is 0 Å². The molecule has 0 radical (unpaired) electrons. The van der Waals surface area contributed by atoms with Gasteiger partial charge < -0.3 is 10.1 Å². The summed E-state index contributed by atoms with van der Waals surface area (Å²) in [7, 11) is 0. The Hall–Kier alpha value is -3.96. The summed E-state index contributed by atoms with van der Waals surface area (Å²) in [5.74, 6) is -3.60. The lowest BCUT2D eigenvalue weighted by molar-refractivity contribution is -0.137. The van der Waals surface area contributed by atoms with Crippen molar-refractivity contribution in [2.24, 2.45) is 0 Å². The summed E-state index contributed by atoms with van der Waals surface area (Å²) in [5.41, 5.74) is -3.37. The predicted molar refractivity (Wildman–Crippen MR) is 117 cm³/mol. The number of halogens is 5. The summed E-state index contributed by atoms with van der Waals surface area (Å²) in [5, 5.41) is 7.98. The van der Waals surface area contributed by atoms with Crippen molar-refractivity contribution in [1.82, 2.24) is 9.78 Å². The molecule has 3 rings (SSSR count). The highest BCUT2D eigenvalue weighted by molar-refractivity contribution is 6.05. The minimum Gasteiger partial charge on any atom is -0.444 e. The number of benzene rings is 2. The molecule has 0 unspecified atom stereocenters. The number of anilines is 2. The zero-order chi connectivity index (χ0) is 26.1. The average molecular weight is 496 g/mol. The Bertz CT molecular complexity index is 1280. The van der Waals surface area contributed by atoms with Gasteiger partial charge in [0.05, 0.1) is 23.1 Å². The fourth-order valence-corrected chi connectivity index (χ4v) is 2.96. The van der Waals surface area contributed by atoms with E-state index in [1.54, 1.807) is 27.7 Å². The number of nitrogens with one attached hydrogen (secondary N) is 2. The Labute approximate surface area is 196 Å². The van der Waals surface area contributed by atoms with Gasteiger partial charge in [0.2, 0.25) is 0 Å². The van der Waals surface area contributed by atoms with Crippen LogP contribution in [0.1, 0.15) is 42.3 Å². The standard InChI is InChI=1S/C23H21F5N4O3/c1-12-10-29-32(11-12)15-8-13(7-14(9-15)23(26,27)28)20(33)30-17-6-5-16(24)19(18(17)25)31-21(34)35-22(2,3)4/h5-11H,1-4H3,(H,30,33)(H,31,34). The number of alkyl halides is 3. The Morgan fingerprint density at radius 2 is 1.71 bits per heavy atom. The van der Waals surface area contributed by atoms with Crippen molar-refractivity contribution in [2.75, 3.05) is 10.6 Å². The summed E-state index contributed by atoms with van der Waals surface area (Å²) in [6, 6.07) is 4.18. The summed E-state index contributed by atoms with van der Waals surface area (Å²) in [4.78, 5) is 24.7. The first-order valence-electron chi connectivity index (χ1n) is 10.2. The van der Waals surface area contributed by atoms with E-state index in [4.69, 9.17) is 4.74 Å². The zero-order valence-electron chi connectivity index (χ0n) is 19.1. The topological polar surface area (TPSA) is 85.3 Å². The number of carbonyl (C=O) groups excluding carboxylic acids is 2. The normalized spacial score (nSPS) is 11.8. The molecule has 0 saturated carbocycles. The molecule has 0 spiro atoms. The van der Waals surface area contributed by atoms with Gasteiger partial charge in [0.15, 0.2) is 5.82 Å². The molecule has 1 heterocycles. The van der Waals surface area contributed by atoms with Crippen LogP contribution in [0.3, 0.4) is 0 Å². The van der Waals surface area contributed by atoms with Crippen LogP contribution in [0.15, 0.2) is 42.7 Å². The average Bonchev–Trinajstić information content (AvgIpc) is 3.17. The van der Waals surface area contributed by atoms with Crippen LogP contribution < -0.4 is 10.6 Å². The SMILES string of the molecule is Cc1cnn(-c2cc(C(=O)Nc3ccc(F)c(NC(=O)OC(C)(C)C)c3F)cc(C(F)(F)F)c2)c1. The number of aryl methyl sites for hydroxylation is 1. The molecule has 2 amide bonds. The van der Waals surface area contributed by atoms with Crippen LogP contribution in [0, 0.1) is 18.6 Å². The Kier molecular flexibility index (Phi) is 6.86. The van der Waals surface area contributed by atoms with Crippen LogP contribution in [0.25, 0.3) is 5.69 Å². The van der Waals surface area contributed by atoms with Crippen molar-refractivity contribution >= 4 is 23.4 Å². The number of ether oxygens (including phenoxy) is 1. The Balaban J connectivity index is 1.94. The van der Waals surface area contributed by atoms with E-state index < -0.39 is 57.9 Å². The van der Waals surface area contributed by atoms with Gasteiger partial charge in [-0.2, -0.15) is 18.3 Å². The maximum absolute atomic E-state index is 14.9. The minimum atomic E-state index is -4.78. The number of hydrogen-bond acceptors (Lipinski definition) is 4. The number of nitrogens with zero attached hydrogens (tertiary/aromatic N) is 2. The summed E-state index contributed by atoms with van der Waals surface area (Å²) < 4.78 is 75.5. The largest absolute Gasteiger partial charge is 0.444 e. The van der Waals surface area contributed by atoms with E-state index >= 15 is 0 Å². The quantitative estimate of drug-likeness (QED) is 0.429. The number of amides is 2. The van der Waals surface area contributed by atoms with E-state index in [2.05, 4.69) is 10.4 Å². The summed E-state index contributed by atoms with van der Waals surface area (Å²) >= 11 is 0. The predicted octanol–water partition coefficient (Wildman–Crippen LogP) is 6.08. The number of carbonyl (C=O) groups is 2. The molecule has 12 heteroatoms. The third-order valence-electron chi connectivity index (χ3n) is 4.45. The molecule has 0 aliphatic heterocycles. The molecule has 186 valence electrons. The van der Waals surface area contributed by atoms with E-state index in [9.17, 15) is 31.5 Å². The molecule has 0 bridgehead atoms. The molecular formula is C23H21F5N4O3. The third-order valence-corrected chi connectivity index (χ3v) is 4.45. The van der Waals surface area contributed by atoms with Gasteiger partial charge in [-0.05, 0) is 63.6 Å². The lowest BCUT2D eigenvalue weighted by Gasteiger charge is -2.20. The second kappa shape index (κ2) is 9.35. The number of hydrogen-bond donors (Lipinski definition) is 2. The number of rotatable bonds is 4. The van der Waals surface area contributed by atoms with Gasteiger partial charge in [-0.1, -0.05) is 0 Å². The van der Waals surface area contributed by atoms with Crippen LogP contribution in [-0.2, 0) is 10.9 Å². The molecule has 35 heavy (non-hydrogen) atoms. The first kappa shape index (κ1) is 25.7. The van der Waals surface area contributed by atoms with Gasteiger partial charge in [-0.3, -0.25) is 10.1 Å². The highest BCUT2D eigenvalue weighted by atomic mass is 19.4. The van der Waals surface area contributed by atoms with Crippen LogP contribution in [0.4, 0.5) is 38.1 Å². The van der Waals surface area contributed by atoms with Crippen molar-refractivity contribution in [2.45, 2.75) is 39.5 Å². The number of aromatic nitrogens is 2. The lowest BCUT2D eigenvalue weighted by atomic mass is 10.1. The summed E-state index contributed by atoms with van der Waals surface area (Å²) in [6.45, 7) is 6.32. The zero-order valence-corrected chi connectivity index (χ0v) is 19.1. The fraction of sp³-hybridized carbons (Fsp3) is 0.261. The molecule has 3 aromatic rings. The van der Waals surface area contributed by atoms with Crippen molar-refractivity contribution in [3.05, 3.63) is 71.1 Å². The fourth-order valence-electron chi connectivity index (χ4n) is 2.96. The molecular weight excluding hydrogens is 475 g/mol. The van der Waals surface area contributed by atoms with E-state index in [0.717, 1.165) is 28.9 Å². The third kappa shape index (κ3) is 6.34. The van der Waals surface area contributed by atoms with Crippen molar-refractivity contribution in [3.8, 4) is 5.69 Å². The van der Waals surface area contributed by atoms with Crippen molar-refractivity contribution in [1.29, 1.82) is 0 Å². The van der Waals surface area contributed by atoms with Gasteiger partial charge in [0, 0.05) is 11.8 Å². The second-order valence-corrected chi connectivity index (χ2v) is 8.59. The monoisotopic (exact) mass is 496 g/mol. The molecule has 1 aromatic heterocycles. The van der Waals surface area contributed by atoms with E-state index in [-0.39, 0.29) is 5.69 Å². The van der Waals surface area contributed by atoms with Gasteiger partial charge >= 0.3 is 12.3 Å². The maximum Gasteiger partial charge on any atom is 0.416 e. The molecule has 0 atom stereocenters. The first-order chi connectivity index (χ1) is 16.1. The molecule has 2 N–H and O–H groups in total. The highest BCUT2D eigenvalue weighted by Crippen LogP contribution is 2.32. The molecule has 7 nitrogen and oxygen atoms in total. The van der Waals surface area contributed by atoms with E-state index in [0.29, 0.717) is 11.6 Å². The molecule has 0 aliphatic carbocycles. The Morgan fingerprint density at radius 1 is 1.03 bits per heavy atom. The van der Waals surface area contributed by atoms with Crippen LogP contribution in [-0.4, -0.2) is 27.4 Å². The maximum atomic E-state index is 14.9. The minimum absolute atomic E-state index is 0.0510. The Morgan fingerprint density at radius 3 is 2.29 bits per heavy atom. The molecule has 2 aromatic carbocycles. The molecule has 0 aliphatic rings. The first-order valence-corrected chi connectivity index (χ1v) is 10.2. The van der Waals surface area contributed by atoms with Gasteiger partial charge in [0.25, 0.3) is 5.91 Å². The second-order valence-electron chi connectivity index (χ2n) is 8.59.